The SMILES string of the molecule is CC(C)(C)c1ccc(N2B3c4cc(C(C)(C)C)ccc4-n4c5ccc6c7ccccc7oc6c5c5ccc(c3c54)-c3cc4oc5cc6c(cc5c4cc32)C(C)(C)CCC6(C)C)cc1. The van der Waals surface area contributed by atoms with Gasteiger partial charge >= 0.3 is 6.85 Å². The van der Waals surface area contributed by atoms with Crippen LogP contribution in [-0.2, 0) is 21.7 Å². The van der Waals surface area contributed by atoms with Gasteiger partial charge in [-0.3, -0.25) is 0 Å². The molecule has 0 spiro atoms. The lowest BCUT2D eigenvalue weighted by molar-refractivity contribution is 0.332. The van der Waals surface area contributed by atoms with Crippen LogP contribution >= 0.6 is 0 Å². The molecule has 5 heterocycles. The largest absolute Gasteiger partial charge is 0.456 e. The van der Waals surface area contributed by atoms with Crippen LogP contribution in [0.1, 0.15) is 104 Å². The summed E-state index contributed by atoms with van der Waals surface area (Å²) in [6.07, 6.45) is 2.34. The van der Waals surface area contributed by atoms with Gasteiger partial charge in [0.2, 0.25) is 0 Å². The van der Waals surface area contributed by atoms with Crippen molar-refractivity contribution in [2.75, 3.05) is 4.81 Å². The molecule has 5 heteroatoms. The maximum Gasteiger partial charge on any atom is 0.333 e. The first-order valence-electron chi connectivity index (χ1n) is 23.0. The third-order valence-corrected chi connectivity index (χ3v) is 15.6. The average molecular weight is 821 g/mol. The zero-order chi connectivity index (χ0) is 43.3. The van der Waals surface area contributed by atoms with Gasteiger partial charge in [-0.05, 0) is 134 Å². The first-order valence-corrected chi connectivity index (χ1v) is 23.0. The average Bonchev–Trinajstić information content (AvgIpc) is 3.92. The van der Waals surface area contributed by atoms with Crippen molar-refractivity contribution < 1.29 is 8.83 Å². The molecule has 0 radical (unpaired) electrons. The van der Waals surface area contributed by atoms with E-state index >= 15 is 0 Å². The molecule has 3 aromatic heterocycles. The van der Waals surface area contributed by atoms with Crippen molar-refractivity contribution in [2.45, 2.75) is 104 Å². The number of hydrogen-bond acceptors (Lipinski definition) is 3. The van der Waals surface area contributed by atoms with E-state index in [1.165, 1.54) is 107 Å². The van der Waals surface area contributed by atoms with Crippen molar-refractivity contribution in [2.24, 2.45) is 0 Å². The molecule has 0 amide bonds. The summed E-state index contributed by atoms with van der Waals surface area (Å²) in [5.41, 5.74) is 20.6. The Balaban J connectivity index is 1.18. The highest BCUT2D eigenvalue weighted by Gasteiger charge is 2.45. The lowest BCUT2D eigenvalue weighted by Crippen LogP contribution is -2.60. The number of rotatable bonds is 1. The number of hydrogen-bond donors (Lipinski definition) is 0. The van der Waals surface area contributed by atoms with Crippen LogP contribution in [0.2, 0.25) is 0 Å². The Morgan fingerprint density at radius 2 is 1.21 bits per heavy atom. The summed E-state index contributed by atoms with van der Waals surface area (Å²) < 4.78 is 16.4. The van der Waals surface area contributed by atoms with Crippen LogP contribution in [0.3, 0.4) is 0 Å². The van der Waals surface area contributed by atoms with Crippen molar-refractivity contribution >= 4 is 94.8 Å². The standard InChI is InChI=1S/C58H53BN2O2/c1-55(2,3)32-15-18-34(19-16-32)61-47-29-41-40-28-42-43(58(9,10)26-25-57(42,7)8)31-50(40)62-49(41)30-39(47)36-20-21-38-51-46(24-22-37-35-13-11-12-14-48(35)63-54(37)51)60-45-23-17-33(56(4,5)6)27-44(45)59(61)52(36)53(38)60/h11-24,27-31H,25-26H2,1-10H3. The molecule has 13 rings (SSSR count). The molecule has 0 unspecified atom stereocenters. The number of benzene rings is 7. The molecular weight excluding hydrogens is 767 g/mol. The molecule has 7 aromatic carbocycles. The molecule has 3 aliphatic rings. The summed E-state index contributed by atoms with van der Waals surface area (Å²) in [5, 5.41) is 7.07. The second-order valence-corrected chi connectivity index (χ2v) is 22.4. The molecule has 4 nitrogen and oxygen atoms in total. The third kappa shape index (κ3) is 4.94. The molecule has 0 bridgehead atoms. The normalized spacial score (nSPS) is 16.5. The van der Waals surface area contributed by atoms with Gasteiger partial charge in [0.1, 0.15) is 22.3 Å². The van der Waals surface area contributed by atoms with E-state index in [0.717, 1.165) is 33.1 Å². The molecule has 63 heavy (non-hydrogen) atoms. The molecule has 1 aliphatic carbocycles. The molecule has 0 saturated carbocycles. The van der Waals surface area contributed by atoms with Gasteiger partial charge in [0.05, 0.1) is 16.4 Å². The first kappa shape index (κ1) is 37.4. The topological polar surface area (TPSA) is 34.5 Å². The third-order valence-electron chi connectivity index (χ3n) is 15.6. The van der Waals surface area contributed by atoms with Gasteiger partial charge in [-0.25, -0.2) is 0 Å². The van der Waals surface area contributed by atoms with E-state index in [-0.39, 0.29) is 28.5 Å². The Labute approximate surface area is 369 Å². The van der Waals surface area contributed by atoms with Crippen molar-refractivity contribution in [3.8, 4) is 16.8 Å². The molecular formula is C58H53BN2O2. The Kier molecular flexibility index (Phi) is 7.04. The highest BCUT2D eigenvalue weighted by atomic mass is 16.3. The van der Waals surface area contributed by atoms with Gasteiger partial charge in [-0.2, -0.15) is 0 Å². The number of anilines is 2. The molecule has 10 aromatic rings. The van der Waals surface area contributed by atoms with E-state index in [1.807, 2.05) is 0 Å². The Bertz CT molecular complexity index is 3650. The fourth-order valence-corrected chi connectivity index (χ4v) is 11.9. The van der Waals surface area contributed by atoms with Gasteiger partial charge in [-0.15, -0.1) is 0 Å². The summed E-state index contributed by atoms with van der Waals surface area (Å²) in [6.45, 7) is 23.4. The molecule has 2 aliphatic heterocycles. The van der Waals surface area contributed by atoms with Crippen LogP contribution in [0.5, 0.6) is 0 Å². The zero-order valence-corrected chi connectivity index (χ0v) is 38.2. The Hall–Kier alpha value is -6.20. The van der Waals surface area contributed by atoms with Crippen molar-refractivity contribution in [3.63, 3.8) is 0 Å². The minimum atomic E-state index is -0.0972. The molecule has 310 valence electrons. The lowest BCUT2D eigenvalue weighted by Gasteiger charge is -2.42. The number of fused-ring (bicyclic) bond motifs is 16. The van der Waals surface area contributed by atoms with E-state index < -0.39 is 0 Å². The van der Waals surface area contributed by atoms with Crippen molar-refractivity contribution in [3.05, 3.63) is 138 Å². The summed E-state index contributed by atoms with van der Waals surface area (Å²) >= 11 is 0. The molecule has 0 N–H and O–H groups in total. The van der Waals surface area contributed by atoms with Crippen LogP contribution in [0, 0.1) is 0 Å². The van der Waals surface area contributed by atoms with E-state index in [1.54, 1.807) is 0 Å². The summed E-state index contributed by atoms with van der Waals surface area (Å²) in [4.78, 5) is 2.66. The van der Waals surface area contributed by atoms with Gasteiger partial charge in [0, 0.05) is 49.6 Å². The monoisotopic (exact) mass is 820 g/mol. The Morgan fingerprint density at radius 3 is 1.95 bits per heavy atom. The van der Waals surface area contributed by atoms with Crippen LogP contribution in [0.15, 0.2) is 124 Å². The summed E-state index contributed by atoms with van der Waals surface area (Å²) in [5.74, 6) is 0. The Morgan fingerprint density at radius 1 is 0.540 bits per heavy atom. The fourth-order valence-electron chi connectivity index (χ4n) is 11.9. The summed E-state index contributed by atoms with van der Waals surface area (Å²) in [6, 6.07) is 44.2. The van der Waals surface area contributed by atoms with Crippen LogP contribution in [-0.4, -0.2) is 11.4 Å². The minimum absolute atomic E-state index is 0.0302. The molecule has 0 fully saturated rings. The van der Waals surface area contributed by atoms with Crippen molar-refractivity contribution in [1.82, 2.24) is 4.57 Å². The molecule has 0 atom stereocenters. The first-order chi connectivity index (χ1) is 30.0. The quantitative estimate of drug-likeness (QED) is 0.155. The van der Waals surface area contributed by atoms with E-state index in [4.69, 9.17) is 8.83 Å². The van der Waals surface area contributed by atoms with Gasteiger partial charge in [-0.1, -0.05) is 124 Å². The van der Waals surface area contributed by atoms with Crippen molar-refractivity contribution in [1.29, 1.82) is 0 Å². The van der Waals surface area contributed by atoms with Crippen LogP contribution in [0.25, 0.3) is 82.5 Å². The highest BCUT2D eigenvalue weighted by Crippen LogP contribution is 2.52. The molecule has 0 saturated heterocycles. The van der Waals surface area contributed by atoms with E-state index in [0.29, 0.717) is 0 Å². The maximum atomic E-state index is 7.01. The van der Waals surface area contributed by atoms with Crippen LogP contribution in [0.4, 0.5) is 11.4 Å². The predicted molar refractivity (Wildman–Crippen MR) is 267 cm³/mol. The van der Waals surface area contributed by atoms with Crippen LogP contribution < -0.4 is 15.7 Å². The smallest absolute Gasteiger partial charge is 0.333 e. The number of para-hydroxylation sites is 1. The van der Waals surface area contributed by atoms with Gasteiger partial charge < -0.3 is 18.2 Å². The lowest BCUT2D eigenvalue weighted by atomic mass is 9.43. The van der Waals surface area contributed by atoms with E-state index in [9.17, 15) is 0 Å². The minimum Gasteiger partial charge on any atom is -0.456 e. The van der Waals surface area contributed by atoms with Gasteiger partial charge in [0.15, 0.2) is 0 Å². The highest BCUT2D eigenvalue weighted by molar-refractivity contribution is 6.93. The van der Waals surface area contributed by atoms with Gasteiger partial charge in [0.25, 0.3) is 0 Å². The fraction of sp³-hybridized carbons (Fsp3) is 0.276. The number of nitrogens with zero attached hydrogens (tertiary/aromatic N) is 2. The summed E-state index contributed by atoms with van der Waals surface area (Å²) in [7, 11) is 0. The second kappa shape index (κ2) is 11.9. The number of furan rings is 2. The van der Waals surface area contributed by atoms with E-state index in [2.05, 4.69) is 194 Å². The second-order valence-electron chi connectivity index (χ2n) is 22.4. The predicted octanol–water partition coefficient (Wildman–Crippen LogP) is 14.8. The number of aromatic nitrogens is 1. The maximum absolute atomic E-state index is 7.01. The zero-order valence-electron chi connectivity index (χ0n) is 38.2.